The molecule has 0 unspecified atom stereocenters. The first-order valence-corrected chi connectivity index (χ1v) is 12.5. The Kier molecular flexibility index (Phi) is 6.01. The van der Waals surface area contributed by atoms with E-state index in [1.807, 2.05) is 49.6 Å². The Bertz CT molecular complexity index is 1580. The highest BCUT2D eigenvalue weighted by Gasteiger charge is 2.18. The third-order valence-corrected chi connectivity index (χ3v) is 6.66. The molecule has 5 aromatic rings. The number of pyridine rings is 3. The van der Waals surface area contributed by atoms with E-state index in [0.29, 0.717) is 12.2 Å². The third kappa shape index (κ3) is 4.63. The standard InChI is InChI=1S/C27H29N9O/c1-35(2)16-25(37)30-18-10-17(12-28-13-18)20-6-7-21-26(32-20)27(34-33-21)22-11-19-23(31-22)14-29-15-24(19)36-8-4-3-5-9-36/h6-7,10-15,31H,3-5,8-9,16H2,1-2H3,(H,30,37)(H,33,34). The summed E-state index contributed by atoms with van der Waals surface area (Å²) in [6, 6.07) is 7.92. The van der Waals surface area contributed by atoms with Crippen molar-refractivity contribution < 1.29 is 4.79 Å². The number of hydrogen-bond acceptors (Lipinski definition) is 7. The molecule has 6 rings (SSSR count). The van der Waals surface area contributed by atoms with Crippen LogP contribution in [-0.4, -0.2) is 74.7 Å². The maximum atomic E-state index is 12.2. The van der Waals surface area contributed by atoms with E-state index in [1.54, 1.807) is 12.4 Å². The van der Waals surface area contributed by atoms with Crippen LogP contribution in [0.25, 0.3) is 44.6 Å². The van der Waals surface area contributed by atoms with Crippen LogP contribution in [-0.2, 0) is 4.79 Å². The van der Waals surface area contributed by atoms with E-state index >= 15 is 0 Å². The molecule has 0 saturated carbocycles. The van der Waals surface area contributed by atoms with E-state index in [2.05, 4.69) is 41.4 Å². The van der Waals surface area contributed by atoms with Gasteiger partial charge >= 0.3 is 0 Å². The van der Waals surface area contributed by atoms with Crippen molar-refractivity contribution in [3.05, 3.63) is 49.1 Å². The molecule has 0 atom stereocenters. The molecule has 5 aromatic heterocycles. The van der Waals surface area contributed by atoms with E-state index in [9.17, 15) is 4.79 Å². The Labute approximate surface area is 214 Å². The molecule has 0 spiro atoms. The van der Waals surface area contributed by atoms with E-state index in [-0.39, 0.29) is 5.91 Å². The Balaban J connectivity index is 1.35. The molecule has 3 N–H and O–H groups in total. The van der Waals surface area contributed by atoms with E-state index in [0.717, 1.165) is 63.4 Å². The number of aromatic amines is 2. The quantitative estimate of drug-likeness (QED) is 0.325. The molecule has 10 nitrogen and oxygen atoms in total. The average molecular weight is 496 g/mol. The van der Waals surface area contributed by atoms with E-state index < -0.39 is 0 Å². The molecule has 1 saturated heterocycles. The summed E-state index contributed by atoms with van der Waals surface area (Å²) < 4.78 is 0. The number of hydrogen-bond donors (Lipinski definition) is 3. The molecule has 10 heteroatoms. The molecule has 0 radical (unpaired) electrons. The highest BCUT2D eigenvalue weighted by atomic mass is 16.2. The van der Waals surface area contributed by atoms with Crippen LogP contribution >= 0.6 is 0 Å². The Morgan fingerprint density at radius 3 is 2.70 bits per heavy atom. The minimum absolute atomic E-state index is 0.0956. The van der Waals surface area contributed by atoms with Crippen LogP contribution in [0.15, 0.2) is 49.1 Å². The summed E-state index contributed by atoms with van der Waals surface area (Å²) in [5.41, 5.74) is 7.58. The second-order valence-electron chi connectivity index (χ2n) is 9.76. The van der Waals surface area contributed by atoms with Crippen LogP contribution in [0, 0.1) is 0 Å². The molecular formula is C27H29N9O. The second-order valence-corrected chi connectivity index (χ2v) is 9.76. The highest BCUT2D eigenvalue weighted by Crippen LogP contribution is 2.34. The molecule has 1 amide bonds. The Hall–Kier alpha value is -4.31. The van der Waals surface area contributed by atoms with Gasteiger partial charge in [-0.3, -0.25) is 19.9 Å². The summed E-state index contributed by atoms with van der Waals surface area (Å²) in [6.07, 6.45) is 10.9. The predicted octanol–water partition coefficient (Wildman–Crippen LogP) is 4.05. The molecule has 0 aliphatic carbocycles. The van der Waals surface area contributed by atoms with Crippen molar-refractivity contribution in [3.63, 3.8) is 0 Å². The zero-order valence-electron chi connectivity index (χ0n) is 21.0. The first-order chi connectivity index (χ1) is 18.0. The van der Waals surface area contributed by atoms with Gasteiger partial charge in [0.05, 0.1) is 58.9 Å². The smallest absolute Gasteiger partial charge is 0.238 e. The lowest BCUT2D eigenvalue weighted by molar-refractivity contribution is -0.116. The highest BCUT2D eigenvalue weighted by molar-refractivity contribution is 5.99. The van der Waals surface area contributed by atoms with Crippen molar-refractivity contribution in [1.82, 2.24) is 35.0 Å². The Morgan fingerprint density at radius 2 is 1.86 bits per heavy atom. The van der Waals surface area contributed by atoms with Crippen molar-refractivity contribution in [2.45, 2.75) is 19.3 Å². The predicted molar refractivity (Wildman–Crippen MR) is 145 cm³/mol. The lowest BCUT2D eigenvalue weighted by Crippen LogP contribution is -2.29. The van der Waals surface area contributed by atoms with Crippen molar-refractivity contribution in [2.24, 2.45) is 0 Å². The number of likely N-dealkylation sites (N-methyl/N-ethyl adjacent to an activating group) is 1. The van der Waals surface area contributed by atoms with Gasteiger partial charge in [-0.15, -0.1) is 0 Å². The molecule has 0 aromatic carbocycles. The number of nitrogens with one attached hydrogen (secondary N) is 3. The summed E-state index contributed by atoms with van der Waals surface area (Å²) in [5, 5.41) is 11.7. The van der Waals surface area contributed by atoms with Gasteiger partial charge in [-0.05, 0) is 57.6 Å². The lowest BCUT2D eigenvalue weighted by Gasteiger charge is -2.28. The van der Waals surface area contributed by atoms with E-state index in [4.69, 9.17) is 4.98 Å². The SMILES string of the molecule is CN(C)CC(=O)Nc1cncc(-c2ccc3[nH]nc(-c4cc5c(N6CCCCC6)cncc5[nH]4)c3n2)c1. The zero-order chi connectivity index (χ0) is 25.4. The summed E-state index contributed by atoms with van der Waals surface area (Å²) in [7, 11) is 3.71. The number of fused-ring (bicyclic) bond motifs is 2. The van der Waals surface area contributed by atoms with Crippen LogP contribution in [0.1, 0.15) is 19.3 Å². The van der Waals surface area contributed by atoms with Gasteiger partial charge in [0.15, 0.2) is 0 Å². The maximum Gasteiger partial charge on any atom is 0.238 e. The monoisotopic (exact) mass is 495 g/mol. The normalized spacial score (nSPS) is 14.1. The second kappa shape index (κ2) is 9.62. The summed E-state index contributed by atoms with van der Waals surface area (Å²) in [6.45, 7) is 2.41. The first kappa shape index (κ1) is 23.1. The molecular weight excluding hydrogens is 466 g/mol. The van der Waals surface area contributed by atoms with Gasteiger partial charge in [-0.25, -0.2) is 4.98 Å². The van der Waals surface area contributed by atoms with Crippen LogP contribution < -0.4 is 10.2 Å². The van der Waals surface area contributed by atoms with Gasteiger partial charge in [-0.1, -0.05) is 0 Å². The van der Waals surface area contributed by atoms with Crippen LogP contribution in [0.5, 0.6) is 0 Å². The minimum atomic E-state index is -0.0956. The average Bonchev–Trinajstić information content (AvgIpc) is 3.52. The number of rotatable bonds is 6. The fraction of sp³-hybridized carbons (Fsp3) is 0.296. The van der Waals surface area contributed by atoms with Gasteiger partial charge in [0.25, 0.3) is 0 Å². The van der Waals surface area contributed by atoms with Gasteiger partial charge in [0.1, 0.15) is 11.2 Å². The topological polar surface area (TPSA) is 119 Å². The molecule has 188 valence electrons. The number of nitrogens with zero attached hydrogens (tertiary/aromatic N) is 6. The molecule has 0 bridgehead atoms. The molecule has 37 heavy (non-hydrogen) atoms. The summed E-state index contributed by atoms with van der Waals surface area (Å²) in [4.78, 5) is 33.7. The van der Waals surface area contributed by atoms with Gasteiger partial charge in [-0.2, -0.15) is 5.10 Å². The number of carbonyl (C=O) groups excluding carboxylic acids is 1. The number of H-pyrrole nitrogens is 2. The summed E-state index contributed by atoms with van der Waals surface area (Å²) in [5.74, 6) is -0.0956. The number of aromatic nitrogens is 6. The molecule has 1 fully saturated rings. The summed E-state index contributed by atoms with van der Waals surface area (Å²) >= 11 is 0. The van der Waals surface area contributed by atoms with Crippen LogP contribution in [0.4, 0.5) is 11.4 Å². The number of amides is 1. The van der Waals surface area contributed by atoms with Crippen LogP contribution in [0.3, 0.4) is 0 Å². The molecule has 1 aliphatic heterocycles. The van der Waals surface area contributed by atoms with Gasteiger partial charge < -0.3 is 20.1 Å². The third-order valence-electron chi connectivity index (χ3n) is 6.66. The fourth-order valence-electron chi connectivity index (χ4n) is 4.93. The van der Waals surface area contributed by atoms with E-state index in [1.165, 1.54) is 19.3 Å². The fourth-order valence-corrected chi connectivity index (χ4v) is 4.93. The zero-order valence-corrected chi connectivity index (χ0v) is 21.0. The maximum absolute atomic E-state index is 12.2. The molecule has 1 aliphatic rings. The number of piperidine rings is 1. The number of anilines is 2. The number of carbonyl (C=O) groups is 1. The largest absolute Gasteiger partial charge is 0.370 e. The molecule has 6 heterocycles. The van der Waals surface area contributed by atoms with Crippen molar-refractivity contribution >= 4 is 39.2 Å². The van der Waals surface area contributed by atoms with Gasteiger partial charge in [0.2, 0.25) is 5.91 Å². The van der Waals surface area contributed by atoms with Gasteiger partial charge in [0, 0.05) is 30.2 Å². The van der Waals surface area contributed by atoms with Crippen molar-refractivity contribution in [1.29, 1.82) is 0 Å². The minimum Gasteiger partial charge on any atom is -0.370 e. The Morgan fingerprint density at radius 1 is 1.03 bits per heavy atom. The van der Waals surface area contributed by atoms with Crippen LogP contribution in [0.2, 0.25) is 0 Å². The van der Waals surface area contributed by atoms with Crippen molar-refractivity contribution in [2.75, 3.05) is 43.9 Å². The lowest BCUT2D eigenvalue weighted by atomic mass is 10.1. The van der Waals surface area contributed by atoms with Crippen molar-refractivity contribution in [3.8, 4) is 22.6 Å². The first-order valence-electron chi connectivity index (χ1n) is 12.5.